The fourth-order valence-electron chi connectivity index (χ4n) is 2.17. The Hall–Kier alpha value is -0.630. The molecule has 1 amide bonds. The maximum atomic E-state index is 12.3. The van der Waals surface area contributed by atoms with E-state index >= 15 is 0 Å². The van der Waals surface area contributed by atoms with E-state index in [2.05, 4.69) is 16.8 Å². The lowest BCUT2D eigenvalue weighted by atomic mass is 10.3. The average molecular weight is 315 g/mol. The topological polar surface area (TPSA) is 36.0 Å². The molecule has 2 rings (SSSR count). The zero-order chi connectivity index (χ0) is 14.5. The number of rotatable bonds is 5. The molecule has 0 atom stereocenters. The fourth-order valence-corrected chi connectivity index (χ4v) is 3.48. The first-order chi connectivity index (χ1) is 9.61. The summed E-state index contributed by atoms with van der Waals surface area (Å²) in [6.07, 6.45) is 2.79. The number of amides is 1. The van der Waals surface area contributed by atoms with Crippen LogP contribution in [0.2, 0.25) is 0 Å². The number of thioether (sulfide) groups is 1. The van der Waals surface area contributed by atoms with Crippen LogP contribution in [0.25, 0.3) is 0 Å². The van der Waals surface area contributed by atoms with Crippen molar-refractivity contribution in [3.8, 4) is 0 Å². The molecule has 0 aromatic rings. The van der Waals surface area contributed by atoms with E-state index in [0.29, 0.717) is 17.5 Å². The van der Waals surface area contributed by atoms with Crippen LogP contribution >= 0.6 is 24.0 Å². The van der Waals surface area contributed by atoms with Gasteiger partial charge in [-0.05, 0) is 13.5 Å². The summed E-state index contributed by atoms with van der Waals surface area (Å²) in [5.41, 5.74) is 0. The highest BCUT2D eigenvalue weighted by atomic mass is 32.2. The minimum Gasteiger partial charge on any atom is -0.385 e. The van der Waals surface area contributed by atoms with Gasteiger partial charge in [-0.2, -0.15) is 0 Å². The number of piperazine rings is 1. The zero-order valence-corrected chi connectivity index (χ0v) is 13.6. The van der Waals surface area contributed by atoms with Crippen molar-refractivity contribution in [1.29, 1.82) is 0 Å². The van der Waals surface area contributed by atoms with Crippen molar-refractivity contribution in [2.75, 3.05) is 53.5 Å². The predicted octanol–water partition coefficient (Wildman–Crippen LogP) is 0.972. The Bertz CT molecular complexity index is 406. The zero-order valence-electron chi connectivity index (χ0n) is 12.0. The van der Waals surface area contributed by atoms with E-state index in [-0.39, 0.29) is 5.91 Å². The summed E-state index contributed by atoms with van der Waals surface area (Å²) in [5.74, 6) is 0.0371. The standard InChI is InChI=1S/C13H21N3O2S2/c1-14-5-7-15(8-6-14)10-11-12(17)16(13(19)20-11)4-3-9-18-2/h10H,3-9H2,1-2H3. The normalized spacial score (nSPS) is 23.2. The molecule has 0 radical (unpaired) electrons. The van der Waals surface area contributed by atoms with Gasteiger partial charge >= 0.3 is 0 Å². The second-order valence-corrected chi connectivity index (χ2v) is 6.68. The first-order valence-corrected chi connectivity index (χ1v) is 8.01. The smallest absolute Gasteiger partial charge is 0.267 e. The molecule has 2 saturated heterocycles. The van der Waals surface area contributed by atoms with Crippen LogP contribution in [0.15, 0.2) is 11.1 Å². The lowest BCUT2D eigenvalue weighted by Crippen LogP contribution is -2.42. The molecule has 112 valence electrons. The molecule has 20 heavy (non-hydrogen) atoms. The summed E-state index contributed by atoms with van der Waals surface area (Å²) >= 11 is 6.70. The van der Waals surface area contributed by atoms with E-state index in [9.17, 15) is 4.79 Å². The highest BCUT2D eigenvalue weighted by Crippen LogP contribution is 2.31. The maximum Gasteiger partial charge on any atom is 0.267 e. The Morgan fingerprint density at radius 2 is 2.05 bits per heavy atom. The van der Waals surface area contributed by atoms with Crippen LogP contribution in [0.1, 0.15) is 6.42 Å². The number of methoxy groups -OCH3 is 1. The van der Waals surface area contributed by atoms with Gasteiger partial charge in [-0.3, -0.25) is 9.69 Å². The van der Waals surface area contributed by atoms with Crippen LogP contribution in [0, 0.1) is 0 Å². The van der Waals surface area contributed by atoms with Gasteiger partial charge in [0.2, 0.25) is 0 Å². The average Bonchev–Trinajstić information content (AvgIpc) is 2.69. The third-order valence-corrected chi connectivity index (χ3v) is 4.81. The van der Waals surface area contributed by atoms with Crippen molar-refractivity contribution in [2.45, 2.75) is 6.42 Å². The second-order valence-electron chi connectivity index (χ2n) is 5.00. The Morgan fingerprint density at radius 1 is 1.35 bits per heavy atom. The van der Waals surface area contributed by atoms with Crippen molar-refractivity contribution in [3.05, 3.63) is 11.1 Å². The Labute approximate surface area is 129 Å². The number of nitrogens with zero attached hydrogens (tertiary/aromatic N) is 3. The quantitative estimate of drug-likeness (QED) is 0.427. The van der Waals surface area contributed by atoms with Crippen LogP contribution in [-0.4, -0.2) is 78.4 Å². The monoisotopic (exact) mass is 315 g/mol. The molecule has 0 bridgehead atoms. The summed E-state index contributed by atoms with van der Waals surface area (Å²) < 4.78 is 5.67. The minimum atomic E-state index is 0.0371. The fraction of sp³-hybridized carbons (Fsp3) is 0.692. The SMILES string of the molecule is COCCCN1C(=O)C(=CN2CCN(C)CC2)SC1=S. The van der Waals surface area contributed by atoms with Gasteiger partial charge in [0.05, 0.1) is 4.91 Å². The van der Waals surface area contributed by atoms with Crippen molar-refractivity contribution in [1.82, 2.24) is 14.7 Å². The van der Waals surface area contributed by atoms with Crippen molar-refractivity contribution in [2.24, 2.45) is 0 Å². The van der Waals surface area contributed by atoms with Gasteiger partial charge < -0.3 is 14.5 Å². The van der Waals surface area contributed by atoms with E-state index in [1.165, 1.54) is 11.8 Å². The molecular weight excluding hydrogens is 294 g/mol. The number of hydrogen-bond donors (Lipinski definition) is 0. The molecule has 5 nitrogen and oxygen atoms in total. The van der Waals surface area contributed by atoms with Crippen molar-refractivity contribution < 1.29 is 9.53 Å². The number of hydrogen-bond acceptors (Lipinski definition) is 6. The Morgan fingerprint density at radius 3 is 2.70 bits per heavy atom. The molecule has 0 spiro atoms. The number of carbonyl (C=O) groups excluding carboxylic acids is 1. The highest BCUT2D eigenvalue weighted by Gasteiger charge is 2.32. The van der Waals surface area contributed by atoms with Gasteiger partial charge in [-0.25, -0.2) is 0 Å². The van der Waals surface area contributed by atoms with Gasteiger partial charge in [0.15, 0.2) is 0 Å². The molecule has 0 N–H and O–H groups in total. The lowest BCUT2D eigenvalue weighted by Gasteiger charge is -2.31. The molecule has 0 unspecified atom stereocenters. The summed E-state index contributed by atoms with van der Waals surface area (Å²) in [4.78, 5) is 19.3. The Kier molecular flexibility index (Phi) is 5.83. The highest BCUT2D eigenvalue weighted by molar-refractivity contribution is 8.26. The number of ether oxygens (including phenoxy) is 1. The van der Waals surface area contributed by atoms with Crippen LogP contribution in [0.3, 0.4) is 0 Å². The molecule has 2 aliphatic rings. The van der Waals surface area contributed by atoms with E-state index in [1.54, 1.807) is 12.0 Å². The molecule has 7 heteroatoms. The van der Waals surface area contributed by atoms with E-state index < -0.39 is 0 Å². The third-order valence-electron chi connectivity index (χ3n) is 3.44. The lowest BCUT2D eigenvalue weighted by molar-refractivity contribution is -0.122. The van der Waals surface area contributed by atoms with Gasteiger partial charge in [0, 0.05) is 52.6 Å². The first-order valence-electron chi connectivity index (χ1n) is 6.79. The predicted molar refractivity (Wildman–Crippen MR) is 85.5 cm³/mol. The number of thiocarbonyl (C=S) groups is 1. The van der Waals surface area contributed by atoms with Crippen LogP contribution < -0.4 is 0 Å². The molecule has 0 aromatic heterocycles. The van der Waals surface area contributed by atoms with Gasteiger partial charge in [0.1, 0.15) is 4.32 Å². The van der Waals surface area contributed by atoms with E-state index in [1.807, 2.05) is 6.20 Å². The van der Waals surface area contributed by atoms with Gasteiger partial charge in [0.25, 0.3) is 5.91 Å². The molecule has 2 aliphatic heterocycles. The molecular formula is C13H21N3O2S2. The largest absolute Gasteiger partial charge is 0.385 e. The summed E-state index contributed by atoms with van der Waals surface area (Å²) in [5, 5.41) is 0. The third kappa shape index (κ3) is 3.94. The summed E-state index contributed by atoms with van der Waals surface area (Å²) in [6.45, 7) is 5.27. The molecule has 0 aromatic carbocycles. The van der Waals surface area contributed by atoms with E-state index in [4.69, 9.17) is 17.0 Å². The molecule has 2 heterocycles. The van der Waals surface area contributed by atoms with Crippen molar-refractivity contribution >= 4 is 34.2 Å². The van der Waals surface area contributed by atoms with E-state index in [0.717, 1.165) is 37.5 Å². The van der Waals surface area contributed by atoms with Crippen LogP contribution in [0.5, 0.6) is 0 Å². The van der Waals surface area contributed by atoms with Gasteiger partial charge in [-0.15, -0.1) is 0 Å². The van der Waals surface area contributed by atoms with Crippen LogP contribution in [-0.2, 0) is 9.53 Å². The van der Waals surface area contributed by atoms with Crippen molar-refractivity contribution in [3.63, 3.8) is 0 Å². The first kappa shape index (κ1) is 15.8. The second kappa shape index (κ2) is 7.40. The maximum absolute atomic E-state index is 12.3. The molecule has 0 saturated carbocycles. The summed E-state index contributed by atoms with van der Waals surface area (Å²) in [7, 11) is 3.78. The molecule has 0 aliphatic carbocycles. The van der Waals surface area contributed by atoms with Gasteiger partial charge in [-0.1, -0.05) is 24.0 Å². The molecule has 2 fully saturated rings. The Balaban J connectivity index is 1.93. The number of likely N-dealkylation sites (N-methyl/N-ethyl adjacent to an activating group) is 1. The number of carbonyl (C=O) groups is 1. The minimum absolute atomic E-state index is 0.0371. The summed E-state index contributed by atoms with van der Waals surface area (Å²) in [6, 6.07) is 0. The van der Waals surface area contributed by atoms with Crippen LogP contribution in [0.4, 0.5) is 0 Å².